The number of ether oxygens (including phenoxy) is 3. The molecule has 0 unspecified atom stereocenters. The lowest BCUT2D eigenvalue weighted by molar-refractivity contribution is -0.155. The van der Waals surface area contributed by atoms with Crippen LogP contribution in [0.15, 0.2) is 78.9 Å². The lowest BCUT2D eigenvalue weighted by Crippen LogP contribution is -2.51. The van der Waals surface area contributed by atoms with Gasteiger partial charge in [-0.1, -0.05) is 78.9 Å². The summed E-state index contributed by atoms with van der Waals surface area (Å²) in [6, 6.07) is 22.9. The molecule has 2 N–H and O–H groups in total. The van der Waals surface area contributed by atoms with Crippen LogP contribution in [-0.4, -0.2) is 48.2 Å². The maximum absolute atomic E-state index is 13.2. The van der Waals surface area contributed by atoms with Crippen LogP contribution in [0.2, 0.25) is 0 Å². The van der Waals surface area contributed by atoms with Gasteiger partial charge in [-0.25, -0.2) is 9.59 Å². The van der Waals surface area contributed by atoms with Gasteiger partial charge in [0.25, 0.3) is 0 Å². The van der Waals surface area contributed by atoms with Crippen molar-refractivity contribution >= 4 is 23.9 Å². The van der Waals surface area contributed by atoms with Gasteiger partial charge in [0.1, 0.15) is 30.9 Å². The molecule has 0 aromatic heterocycles. The molecule has 2 atom stereocenters. The third kappa shape index (κ3) is 8.67. The SMILES string of the molecule is C[C@H](NC(=O)[C@H](CCC(=O)OC(C)(C)C)NC(=O)OCC1c2ccccc2-c2ccccc21)C(=O)OCc1ccccc1. The van der Waals surface area contributed by atoms with Gasteiger partial charge >= 0.3 is 18.0 Å². The van der Waals surface area contributed by atoms with Crippen LogP contribution in [0.4, 0.5) is 4.79 Å². The second-order valence-electron chi connectivity index (χ2n) is 11.5. The van der Waals surface area contributed by atoms with Crippen LogP contribution in [0, 0.1) is 0 Å². The molecule has 0 saturated heterocycles. The molecule has 0 aliphatic heterocycles. The van der Waals surface area contributed by atoms with Crippen LogP contribution in [0.5, 0.6) is 0 Å². The zero-order chi connectivity index (χ0) is 31.0. The van der Waals surface area contributed by atoms with E-state index < -0.39 is 41.6 Å². The third-order valence-corrected chi connectivity index (χ3v) is 6.95. The minimum absolute atomic E-state index is 0.0555. The fourth-order valence-corrected chi connectivity index (χ4v) is 4.93. The minimum Gasteiger partial charge on any atom is -0.460 e. The molecule has 0 radical (unpaired) electrons. The molecule has 0 spiro atoms. The Kier molecular flexibility index (Phi) is 10.2. The summed E-state index contributed by atoms with van der Waals surface area (Å²) in [5.74, 6) is -1.97. The number of carbonyl (C=O) groups is 4. The van der Waals surface area contributed by atoms with Crippen molar-refractivity contribution in [1.29, 1.82) is 0 Å². The lowest BCUT2D eigenvalue weighted by Gasteiger charge is -2.23. The van der Waals surface area contributed by atoms with Gasteiger partial charge in [-0.3, -0.25) is 9.59 Å². The van der Waals surface area contributed by atoms with Gasteiger partial charge in [0.05, 0.1) is 0 Å². The molecule has 43 heavy (non-hydrogen) atoms. The zero-order valence-corrected chi connectivity index (χ0v) is 24.9. The second kappa shape index (κ2) is 14.0. The highest BCUT2D eigenvalue weighted by Gasteiger charge is 2.31. The van der Waals surface area contributed by atoms with Gasteiger partial charge in [0, 0.05) is 12.3 Å². The maximum Gasteiger partial charge on any atom is 0.407 e. The van der Waals surface area contributed by atoms with E-state index in [4.69, 9.17) is 14.2 Å². The minimum atomic E-state index is -1.16. The summed E-state index contributed by atoms with van der Waals surface area (Å²) in [7, 11) is 0. The number of esters is 2. The van der Waals surface area contributed by atoms with Crippen LogP contribution in [0.1, 0.15) is 63.1 Å². The highest BCUT2D eigenvalue weighted by molar-refractivity contribution is 5.90. The van der Waals surface area contributed by atoms with Crippen molar-refractivity contribution in [1.82, 2.24) is 10.6 Å². The number of hydrogen-bond donors (Lipinski definition) is 2. The summed E-state index contributed by atoms with van der Waals surface area (Å²) in [6.45, 7) is 6.83. The standard InChI is InChI=1S/C34H38N2O7/c1-22(32(39)41-20-23-12-6-5-7-13-23)35-31(38)29(18-19-30(37)43-34(2,3)4)36-33(40)42-21-28-26-16-10-8-14-24(26)25-15-9-11-17-27(25)28/h5-17,22,28-29H,18-21H2,1-4H3,(H,35,38)(H,36,40)/t22-,29-/m0/s1. The molecule has 4 rings (SSSR count). The molecule has 1 aliphatic carbocycles. The van der Waals surface area contributed by atoms with Crippen molar-refractivity contribution in [2.75, 3.05) is 6.61 Å². The first-order valence-corrected chi connectivity index (χ1v) is 14.4. The normalized spacial score (nSPS) is 13.6. The molecule has 0 fully saturated rings. The average Bonchev–Trinajstić information content (AvgIpc) is 3.30. The highest BCUT2D eigenvalue weighted by atomic mass is 16.6. The number of carbonyl (C=O) groups excluding carboxylic acids is 4. The van der Waals surface area contributed by atoms with E-state index in [2.05, 4.69) is 10.6 Å². The Morgan fingerprint density at radius 3 is 1.98 bits per heavy atom. The quantitative estimate of drug-likeness (QED) is 0.232. The van der Waals surface area contributed by atoms with E-state index in [9.17, 15) is 19.2 Å². The van der Waals surface area contributed by atoms with Gasteiger partial charge in [-0.2, -0.15) is 0 Å². The molecule has 1 aliphatic rings. The molecule has 3 aromatic carbocycles. The van der Waals surface area contributed by atoms with Crippen LogP contribution in [-0.2, 0) is 35.2 Å². The van der Waals surface area contributed by atoms with Crippen molar-refractivity contribution < 1.29 is 33.4 Å². The van der Waals surface area contributed by atoms with Gasteiger partial charge in [0.15, 0.2) is 0 Å². The average molecular weight is 587 g/mol. The smallest absolute Gasteiger partial charge is 0.407 e. The monoisotopic (exact) mass is 586 g/mol. The van der Waals surface area contributed by atoms with Crippen LogP contribution in [0.3, 0.4) is 0 Å². The predicted octanol–water partition coefficient (Wildman–Crippen LogP) is 5.26. The summed E-state index contributed by atoms with van der Waals surface area (Å²) in [6.07, 6.45) is -1.01. The molecule has 9 nitrogen and oxygen atoms in total. The number of fused-ring (bicyclic) bond motifs is 3. The fourth-order valence-electron chi connectivity index (χ4n) is 4.93. The number of rotatable bonds is 11. The molecule has 9 heteroatoms. The Balaban J connectivity index is 1.38. The van der Waals surface area contributed by atoms with Crippen LogP contribution >= 0.6 is 0 Å². The summed E-state index contributed by atoms with van der Waals surface area (Å²) < 4.78 is 16.3. The van der Waals surface area contributed by atoms with Crippen LogP contribution in [0.25, 0.3) is 11.1 Å². The Morgan fingerprint density at radius 2 is 1.37 bits per heavy atom. The van der Waals surface area contributed by atoms with Gasteiger partial charge < -0.3 is 24.8 Å². The van der Waals surface area contributed by atoms with Crippen molar-refractivity contribution in [3.63, 3.8) is 0 Å². The number of hydrogen-bond acceptors (Lipinski definition) is 7. The Labute approximate surface area is 251 Å². The zero-order valence-electron chi connectivity index (χ0n) is 24.9. The Hall–Kier alpha value is -4.66. The molecule has 3 aromatic rings. The van der Waals surface area contributed by atoms with E-state index >= 15 is 0 Å². The molecule has 0 bridgehead atoms. The lowest BCUT2D eigenvalue weighted by atomic mass is 9.98. The Bertz CT molecular complexity index is 1400. The first-order valence-electron chi connectivity index (χ1n) is 14.4. The summed E-state index contributed by atoms with van der Waals surface area (Å²) in [5.41, 5.74) is 4.40. The van der Waals surface area contributed by atoms with E-state index in [1.165, 1.54) is 6.92 Å². The molecule has 2 amide bonds. The number of nitrogens with one attached hydrogen (secondary N) is 2. The summed E-state index contributed by atoms with van der Waals surface area (Å²) in [4.78, 5) is 51.1. The van der Waals surface area contributed by atoms with Gasteiger partial charge in [0.2, 0.25) is 5.91 Å². The molecule has 0 saturated carbocycles. The number of amides is 2. The van der Waals surface area contributed by atoms with E-state index in [0.717, 1.165) is 27.8 Å². The largest absolute Gasteiger partial charge is 0.460 e. The summed E-state index contributed by atoms with van der Waals surface area (Å²) >= 11 is 0. The van der Waals surface area contributed by atoms with E-state index in [0.29, 0.717) is 0 Å². The maximum atomic E-state index is 13.2. The molecular weight excluding hydrogens is 548 g/mol. The number of alkyl carbamates (subject to hydrolysis) is 1. The van der Waals surface area contributed by atoms with E-state index in [1.807, 2.05) is 78.9 Å². The molecular formula is C34H38N2O7. The van der Waals surface area contributed by atoms with E-state index in [-0.39, 0.29) is 32.0 Å². The van der Waals surface area contributed by atoms with Gasteiger partial charge in [-0.05, 0) is 61.9 Å². The van der Waals surface area contributed by atoms with E-state index in [1.54, 1.807) is 20.8 Å². The van der Waals surface area contributed by atoms with Crippen molar-refractivity contribution in [2.45, 2.75) is 70.7 Å². The van der Waals surface area contributed by atoms with Gasteiger partial charge in [-0.15, -0.1) is 0 Å². The first-order chi connectivity index (χ1) is 20.5. The second-order valence-corrected chi connectivity index (χ2v) is 11.5. The third-order valence-electron chi connectivity index (χ3n) is 6.95. The van der Waals surface area contributed by atoms with Crippen LogP contribution < -0.4 is 10.6 Å². The molecule has 226 valence electrons. The predicted molar refractivity (Wildman–Crippen MR) is 161 cm³/mol. The van der Waals surface area contributed by atoms with Crippen molar-refractivity contribution in [3.05, 3.63) is 95.6 Å². The molecule has 0 heterocycles. The van der Waals surface area contributed by atoms with Crippen molar-refractivity contribution in [3.8, 4) is 11.1 Å². The fraction of sp³-hybridized carbons (Fsp3) is 0.353. The number of benzene rings is 3. The first kappa shape index (κ1) is 31.3. The highest BCUT2D eigenvalue weighted by Crippen LogP contribution is 2.44. The topological polar surface area (TPSA) is 120 Å². The van der Waals surface area contributed by atoms with Crippen molar-refractivity contribution in [2.24, 2.45) is 0 Å². The summed E-state index contributed by atoms with van der Waals surface area (Å²) in [5, 5.41) is 5.16. The Morgan fingerprint density at radius 1 is 0.791 bits per heavy atom.